The summed E-state index contributed by atoms with van der Waals surface area (Å²) in [7, 11) is -4.08. The maximum absolute atomic E-state index is 12.7. The lowest BCUT2D eigenvalue weighted by Crippen LogP contribution is -2.31. The number of nitrogens with zero attached hydrogens (tertiary/aromatic N) is 1. The standard InChI is InChI=1S/C20H22F3N3O6S/c1-12-8-17(13(2)26(12)11-20(21,22)23)18(28)10-32-19(29)9-24-33(30,31)16-6-4-15(5-7-16)25-14(3)27/h4-8,24H,9-11H2,1-3H3,(H,25,27). The van der Waals surface area contributed by atoms with Crippen molar-refractivity contribution in [1.29, 1.82) is 0 Å². The van der Waals surface area contributed by atoms with Crippen molar-refractivity contribution in [2.45, 2.75) is 38.4 Å². The molecule has 0 unspecified atom stereocenters. The van der Waals surface area contributed by atoms with Gasteiger partial charge >= 0.3 is 12.1 Å². The van der Waals surface area contributed by atoms with Crippen LogP contribution in [-0.4, -0.2) is 50.0 Å². The zero-order chi connectivity index (χ0) is 25.0. The summed E-state index contributed by atoms with van der Waals surface area (Å²) in [4.78, 5) is 35.0. The first-order valence-corrected chi connectivity index (χ1v) is 11.0. The molecule has 0 atom stereocenters. The van der Waals surface area contributed by atoms with E-state index in [4.69, 9.17) is 4.74 Å². The number of hydrogen-bond acceptors (Lipinski definition) is 6. The molecule has 1 heterocycles. The number of aryl methyl sites for hydroxylation is 1. The maximum Gasteiger partial charge on any atom is 0.406 e. The van der Waals surface area contributed by atoms with Crippen molar-refractivity contribution in [3.8, 4) is 0 Å². The van der Waals surface area contributed by atoms with Crippen LogP contribution < -0.4 is 10.0 Å². The third-order valence-electron chi connectivity index (χ3n) is 4.47. The molecular formula is C20H22F3N3O6S. The predicted molar refractivity (Wildman–Crippen MR) is 111 cm³/mol. The highest BCUT2D eigenvalue weighted by atomic mass is 32.2. The molecule has 2 N–H and O–H groups in total. The molecule has 2 aromatic rings. The molecule has 0 aliphatic heterocycles. The number of amides is 1. The van der Waals surface area contributed by atoms with Gasteiger partial charge in [-0.05, 0) is 44.2 Å². The Hall–Kier alpha value is -3.19. The first-order valence-electron chi connectivity index (χ1n) is 9.49. The molecule has 1 aromatic heterocycles. The van der Waals surface area contributed by atoms with Crippen molar-refractivity contribution in [3.05, 3.63) is 47.3 Å². The normalized spacial score (nSPS) is 11.8. The Kier molecular flexibility index (Phi) is 8.03. The van der Waals surface area contributed by atoms with Gasteiger partial charge < -0.3 is 14.6 Å². The van der Waals surface area contributed by atoms with Crippen molar-refractivity contribution in [1.82, 2.24) is 9.29 Å². The van der Waals surface area contributed by atoms with E-state index < -0.39 is 47.6 Å². The molecule has 1 aromatic carbocycles. The van der Waals surface area contributed by atoms with Crippen LogP contribution in [0.15, 0.2) is 35.2 Å². The molecule has 180 valence electrons. The molecule has 0 fully saturated rings. The van der Waals surface area contributed by atoms with Crippen molar-refractivity contribution in [2.24, 2.45) is 0 Å². The molecule has 1 amide bonds. The molecule has 33 heavy (non-hydrogen) atoms. The first kappa shape index (κ1) is 26.1. The number of ether oxygens (including phenoxy) is 1. The van der Waals surface area contributed by atoms with Gasteiger partial charge in [0.15, 0.2) is 6.61 Å². The molecule has 0 bridgehead atoms. The molecular weight excluding hydrogens is 467 g/mol. The Morgan fingerprint density at radius 3 is 2.24 bits per heavy atom. The zero-order valence-electron chi connectivity index (χ0n) is 17.9. The lowest BCUT2D eigenvalue weighted by molar-refractivity contribution is -0.141. The van der Waals surface area contributed by atoms with Gasteiger partial charge in [-0.2, -0.15) is 17.9 Å². The summed E-state index contributed by atoms with van der Waals surface area (Å²) in [5.41, 5.74) is 0.657. The number of aromatic nitrogens is 1. The fourth-order valence-corrected chi connectivity index (χ4v) is 3.91. The SMILES string of the molecule is CC(=O)Nc1ccc(S(=O)(=O)NCC(=O)OCC(=O)c2cc(C)n(CC(F)(F)F)c2C)cc1. The van der Waals surface area contributed by atoms with Crippen LogP contribution in [0.1, 0.15) is 28.7 Å². The summed E-state index contributed by atoms with van der Waals surface area (Å²) >= 11 is 0. The zero-order valence-corrected chi connectivity index (χ0v) is 18.8. The monoisotopic (exact) mass is 489 g/mol. The van der Waals surface area contributed by atoms with E-state index in [0.29, 0.717) is 5.69 Å². The van der Waals surface area contributed by atoms with E-state index in [1.807, 2.05) is 4.72 Å². The number of sulfonamides is 1. The van der Waals surface area contributed by atoms with Gasteiger partial charge in [0, 0.05) is 29.6 Å². The lowest BCUT2D eigenvalue weighted by atomic mass is 10.1. The van der Waals surface area contributed by atoms with Crippen LogP contribution in [0, 0.1) is 13.8 Å². The molecule has 13 heteroatoms. The largest absolute Gasteiger partial charge is 0.456 e. The number of carbonyl (C=O) groups excluding carboxylic acids is 3. The number of carbonyl (C=O) groups is 3. The fourth-order valence-electron chi connectivity index (χ4n) is 2.94. The van der Waals surface area contributed by atoms with E-state index in [2.05, 4.69) is 5.32 Å². The number of hydrogen-bond donors (Lipinski definition) is 2. The molecule has 0 spiro atoms. The topological polar surface area (TPSA) is 124 Å². The Morgan fingerprint density at radius 1 is 1.09 bits per heavy atom. The lowest BCUT2D eigenvalue weighted by Gasteiger charge is -2.12. The molecule has 0 radical (unpaired) electrons. The van der Waals surface area contributed by atoms with Crippen LogP contribution in [0.2, 0.25) is 0 Å². The van der Waals surface area contributed by atoms with E-state index in [1.54, 1.807) is 0 Å². The highest BCUT2D eigenvalue weighted by molar-refractivity contribution is 7.89. The molecule has 0 aliphatic carbocycles. The number of halogens is 3. The van der Waals surface area contributed by atoms with Crippen LogP contribution in [0.3, 0.4) is 0 Å². The second kappa shape index (κ2) is 10.2. The number of ketones is 1. The van der Waals surface area contributed by atoms with Crippen LogP contribution in [0.5, 0.6) is 0 Å². The van der Waals surface area contributed by atoms with Crippen molar-refractivity contribution in [2.75, 3.05) is 18.5 Å². The van der Waals surface area contributed by atoms with Gasteiger partial charge in [-0.25, -0.2) is 8.42 Å². The smallest absolute Gasteiger partial charge is 0.406 e. The number of Topliss-reactive ketones (excluding diaryl/α,β-unsaturated/α-hetero) is 1. The average Bonchev–Trinajstić information content (AvgIpc) is 2.97. The molecule has 0 aliphatic rings. The van der Waals surface area contributed by atoms with Gasteiger partial charge in [0.2, 0.25) is 21.7 Å². The maximum atomic E-state index is 12.7. The number of alkyl halides is 3. The summed E-state index contributed by atoms with van der Waals surface area (Å²) in [6.07, 6.45) is -4.47. The third kappa shape index (κ3) is 7.43. The summed E-state index contributed by atoms with van der Waals surface area (Å²) in [6, 6.07) is 6.44. The van der Waals surface area contributed by atoms with Gasteiger partial charge in [-0.1, -0.05) is 0 Å². The predicted octanol–water partition coefficient (Wildman–Crippen LogP) is 2.33. The quantitative estimate of drug-likeness (QED) is 0.412. The Bertz CT molecular complexity index is 1150. The minimum Gasteiger partial charge on any atom is -0.456 e. The number of rotatable bonds is 9. The van der Waals surface area contributed by atoms with Gasteiger partial charge in [0.25, 0.3) is 0 Å². The number of benzene rings is 1. The highest BCUT2D eigenvalue weighted by Gasteiger charge is 2.30. The summed E-state index contributed by atoms with van der Waals surface area (Å²) in [5, 5.41) is 2.48. The van der Waals surface area contributed by atoms with Crippen molar-refractivity contribution in [3.63, 3.8) is 0 Å². The Morgan fingerprint density at radius 2 is 1.70 bits per heavy atom. The summed E-state index contributed by atoms with van der Waals surface area (Å²) in [6.45, 7) is 1.27. The third-order valence-corrected chi connectivity index (χ3v) is 5.88. The minimum absolute atomic E-state index is 0.0237. The van der Waals surface area contributed by atoms with Crippen LogP contribution in [-0.2, 0) is 30.9 Å². The number of anilines is 1. The van der Waals surface area contributed by atoms with E-state index >= 15 is 0 Å². The van der Waals surface area contributed by atoms with Gasteiger partial charge in [-0.3, -0.25) is 14.4 Å². The van der Waals surface area contributed by atoms with Crippen molar-refractivity contribution < 1.29 is 40.7 Å². The molecule has 0 saturated heterocycles. The fraction of sp³-hybridized carbons (Fsp3) is 0.350. The van der Waals surface area contributed by atoms with Gasteiger partial charge in [0.1, 0.15) is 13.1 Å². The van der Waals surface area contributed by atoms with Crippen LogP contribution in [0.25, 0.3) is 0 Å². The molecule has 0 saturated carbocycles. The second-order valence-electron chi connectivity index (χ2n) is 7.10. The minimum atomic E-state index is -4.47. The van der Waals surface area contributed by atoms with E-state index in [1.165, 1.54) is 51.1 Å². The van der Waals surface area contributed by atoms with Gasteiger partial charge in [0.05, 0.1) is 4.90 Å². The van der Waals surface area contributed by atoms with E-state index in [0.717, 1.165) is 4.57 Å². The van der Waals surface area contributed by atoms with E-state index in [9.17, 15) is 36.0 Å². The second-order valence-corrected chi connectivity index (χ2v) is 8.87. The first-order chi connectivity index (χ1) is 15.2. The van der Waals surface area contributed by atoms with Crippen LogP contribution >= 0.6 is 0 Å². The highest BCUT2D eigenvalue weighted by Crippen LogP contribution is 2.23. The summed E-state index contributed by atoms with van der Waals surface area (Å²) in [5.74, 6) is -2.10. The Balaban J connectivity index is 1.93. The molecule has 2 rings (SSSR count). The number of esters is 1. The molecule has 9 nitrogen and oxygen atoms in total. The van der Waals surface area contributed by atoms with E-state index in [-0.39, 0.29) is 27.8 Å². The van der Waals surface area contributed by atoms with Crippen molar-refractivity contribution >= 4 is 33.4 Å². The number of nitrogens with one attached hydrogen (secondary N) is 2. The Labute approximate surface area is 188 Å². The van der Waals surface area contributed by atoms with Crippen LogP contribution in [0.4, 0.5) is 18.9 Å². The summed E-state index contributed by atoms with van der Waals surface area (Å²) < 4.78 is 70.3. The average molecular weight is 489 g/mol. The van der Waals surface area contributed by atoms with Gasteiger partial charge in [-0.15, -0.1) is 0 Å².